The first-order valence-corrected chi connectivity index (χ1v) is 4.40. The van der Waals surface area contributed by atoms with Crippen LogP contribution in [0.5, 0.6) is 0 Å². The van der Waals surface area contributed by atoms with Crippen LogP contribution < -0.4 is 5.32 Å². The first kappa shape index (κ1) is 6.31. The van der Waals surface area contributed by atoms with Crippen molar-refractivity contribution in [2.75, 3.05) is 0 Å². The fourth-order valence-corrected chi connectivity index (χ4v) is 2.15. The average Bonchev–Trinajstić information content (AvgIpc) is 2.42. The van der Waals surface area contributed by atoms with Gasteiger partial charge in [0.25, 0.3) is 0 Å². The summed E-state index contributed by atoms with van der Waals surface area (Å²) in [6.45, 7) is 4.17. The molecular weight excluding hydrogens is 144 g/mol. The molecule has 2 rings (SSSR count). The van der Waals surface area contributed by atoms with Gasteiger partial charge in [-0.1, -0.05) is 6.92 Å². The maximum absolute atomic E-state index is 4.47. The number of nitrogens with one attached hydrogen (secondary N) is 1. The van der Waals surface area contributed by atoms with Crippen molar-refractivity contribution in [1.29, 1.82) is 0 Å². The number of hydrogen-bond acceptors (Lipinski definition) is 3. The molecule has 10 heavy (non-hydrogen) atoms. The lowest BCUT2D eigenvalue weighted by molar-refractivity contribution is 0.756. The number of fused-ring (bicyclic) bond motifs is 1. The molecule has 0 atom stereocenters. The highest BCUT2D eigenvalue weighted by Crippen LogP contribution is 2.22. The predicted octanol–water partition coefficient (Wildman–Crippen LogP) is 1.31. The molecule has 0 spiro atoms. The number of nitrogens with zero attached hydrogens (tertiary/aromatic N) is 1. The normalized spacial score (nSPS) is 15.7. The Morgan fingerprint density at radius 2 is 2.50 bits per heavy atom. The quantitative estimate of drug-likeness (QED) is 0.659. The molecule has 0 saturated carbocycles. The Morgan fingerprint density at radius 3 is 3.20 bits per heavy atom. The van der Waals surface area contributed by atoms with E-state index in [1.54, 1.807) is 0 Å². The smallest absolute Gasteiger partial charge is 0.0929 e. The van der Waals surface area contributed by atoms with Crippen molar-refractivity contribution in [3.8, 4) is 0 Å². The highest BCUT2D eigenvalue weighted by atomic mass is 32.1. The molecule has 0 bridgehead atoms. The van der Waals surface area contributed by atoms with Crippen LogP contribution in [0.3, 0.4) is 0 Å². The molecule has 0 unspecified atom stereocenters. The molecule has 0 aromatic carbocycles. The van der Waals surface area contributed by atoms with Crippen molar-refractivity contribution in [1.82, 2.24) is 10.3 Å². The molecule has 2 heterocycles. The average molecular weight is 154 g/mol. The van der Waals surface area contributed by atoms with Crippen LogP contribution in [0.2, 0.25) is 0 Å². The van der Waals surface area contributed by atoms with Crippen LogP contribution >= 0.6 is 11.3 Å². The van der Waals surface area contributed by atoms with E-state index in [2.05, 4.69) is 17.2 Å². The number of thiazole rings is 1. The molecule has 0 fully saturated rings. The third-order valence-electron chi connectivity index (χ3n) is 1.70. The van der Waals surface area contributed by atoms with E-state index >= 15 is 0 Å². The third-order valence-corrected chi connectivity index (χ3v) is 2.94. The summed E-state index contributed by atoms with van der Waals surface area (Å²) >= 11 is 1.85. The van der Waals surface area contributed by atoms with Crippen molar-refractivity contribution in [2.45, 2.75) is 26.4 Å². The number of aromatic nitrogens is 1. The van der Waals surface area contributed by atoms with Gasteiger partial charge in [-0.15, -0.1) is 11.3 Å². The summed E-state index contributed by atoms with van der Waals surface area (Å²) in [4.78, 5) is 5.91. The van der Waals surface area contributed by atoms with E-state index in [0.29, 0.717) is 0 Å². The second-order valence-corrected chi connectivity index (χ2v) is 3.60. The topological polar surface area (TPSA) is 24.9 Å². The fourth-order valence-electron chi connectivity index (χ4n) is 1.16. The van der Waals surface area contributed by atoms with Crippen molar-refractivity contribution in [3.63, 3.8) is 0 Å². The Hall–Kier alpha value is -0.410. The van der Waals surface area contributed by atoms with Crippen LogP contribution in [0.4, 0.5) is 0 Å². The molecule has 1 N–H and O–H groups in total. The van der Waals surface area contributed by atoms with Gasteiger partial charge in [0.1, 0.15) is 0 Å². The lowest BCUT2D eigenvalue weighted by Gasteiger charge is -1.87. The van der Waals surface area contributed by atoms with Crippen molar-refractivity contribution < 1.29 is 0 Å². The van der Waals surface area contributed by atoms with Gasteiger partial charge in [0, 0.05) is 18.0 Å². The Morgan fingerprint density at radius 1 is 1.60 bits per heavy atom. The second-order valence-electron chi connectivity index (χ2n) is 2.43. The minimum atomic E-state index is 0.978. The molecule has 0 radical (unpaired) electrons. The standard InChI is InChI=1S/C7H10N2S/c1-2-7-9-5-3-8-4-6(5)10-7/h8H,2-4H2,1H3. The third kappa shape index (κ3) is 0.859. The second kappa shape index (κ2) is 2.32. The van der Waals surface area contributed by atoms with Crippen molar-refractivity contribution in [2.24, 2.45) is 0 Å². The molecule has 1 aromatic heterocycles. The number of aryl methyl sites for hydroxylation is 1. The maximum Gasteiger partial charge on any atom is 0.0929 e. The molecule has 1 aromatic rings. The Kier molecular flexibility index (Phi) is 1.47. The van der Waals surface area contributed by atoms with Crippen molar-refractivity contribution in [3.05, 3.63) is 15.6 Å². The molecule has 0 amide bonds. The van der Waals surface area contributed by atoms with Gasteiger partial charge in [0.15, 0.2) is 0 Å². The maximum atomic E-state index is 4.47. The summed E-state index contributed by atoms with van der Waals surface area (Å²) in [5, 5.41) is 4.55. The lowest BCUT2D eigenvalue weighted by atomic mass is 10.4. The summed E-state index contributed by atoms with van der Waals surface area (Å²) in [7, 11) is 0. The van der Waals surface area contributed by atoms with Crippen LogP contribution in [0, 0.1) is 0 Å². The number of hydrogen-bond donors (Lipinski definition) is 1. The first-order chi connectivity index (χ1) is 4.90. The molecule has 3 heteroatoms. The van der Waals surface area contributed by atoms with E-state index in [1.807, 2.05) is 11.3 Å². The Bertz CT molecular complexity index is 220. The summed E-state index contributed by atoms with van der Waals surface area (Å²) in [5.74, 6) is 0. The van der Waals surface area contributed by atoms with E-state index in [-0.39, 0.29) is 0 Å². The summed E-state index contributed by atoms with van der Waals surface area (Å²) in [6, 6.07) is 0. The van der Waals surface area contributed by atoms with Gasteiger partial charge in [0.05, 0.1) is 10.7 Å². The molecule has 0 saturated heterocycles. The van der Waals surface area contributed by atoms with E-state index in [1.165, 1.54) is 15.6 Å². The molecule has 0 aliphatic carbocycles. The van der Waals surface area contributed by atoms with Crippen LogP contribution in [0.15, 0.2) is 0 Å². The summed E-state index contributed by atoms with van der Waals surface area (Å²) < 4.78 is 0. The summed E-state index contributed by atoms with van der Waals surface area (Å²) in [5.41, 5.74) is 1.28. The zero-order chi connectivity index (χ0) is 6.97. The van der Waals surface area contributed by atoms with Crippen LogP contribution in [-0.2, 0) is 19.5 Å². The molecule has 1 aliphatic heterocycles. The summed E-state index contributed by atoms with van der Waals surface area (Å²) in [6.07, 6.45) is 1.08. The predicted molar refractivity (Wildman–Crippen MR) is 42.0 cm³/mol. The molecule has 2 nitrogen and oxygen atoms in total. The zero-order valence-electron chi connectivity index (χ0n) is 5.98. The van der Waals surface area contributed by atoms with Crippen molar-refractivity contribution >= 4 is 11.3 Å². The lowest BCUT2D eigenvalue weighted by Crippen LogP contribution is -2.01. The van der Waals surface area contributed by atoms with Gasteiger partial charge in [-0.05, 0) is 6.42 Å². The van der Waals surface area contributed by atoms with E-state index in [4.69, 9.17) is 0 Å². The van der Waals surface area contributed by atoms with Gasteiger partial charge >= 0.3 is 0 Å². The zero-order valence-corrected chi connectivity index (χ0v) is 6.79. The molecule has 1 aliphatic rings. The van der Waals surface area contributed by atoms with Crippen LogP contribution in [0.1, 0.15) is 22.5 Å². The first-order valence-electron chi connectivity index (χ1n) is 3.58. The highest BCUT2D eigenvalue weighted by Gasteiger charge is 2.14. The minimum Gasteiger partial charge on any atom is -0.306 e. The highest BCUT2D eigenvalue weighted by molar-refractivity contribution is 7.11. The van der Waals surface area contributed by atoms with Gasteiger partial charge in [-0.25, -0.2) is 4.98 Å². The SMILES string of the molecule is CCc1nc2c(s1)CNC2. The minimum absolute atomic E-state index is 0.978. The van der Waals surface area contributed by atoms with Gasteiger partial charge in [0.2, 0.25) is 0 Å². The van der Waals surface area contributed by atoms with E-state index in [9.17, 15) is 0 Å². The molecular formula is C7H10N2S. The number of rotatable bonds is 1. The van der Waals surface area contributed by atoms with Gasteiger partial charge < -0.3 is 5.32 Å². The Balaban J connectivity index is 2.37. The fraction of sp³-hybridized carbons (Fsp3) is 0.571. The van der Waals surface area contributed by atoms with Gasteiger partial charge in [-0.2, -0.15) is 0 Å². The van der Waals surface area contributed by atoms with Crippen LogP contribution in [-0.4, -0.2) is 4.98 Å². The van der Waals surface area contributed by atoms with Crippen LogP contribution in [0.25, 0.3) is 0 Å². The van der Waals surface area contributed by atoms with E-state index in [0.717, 1.165) is 19.5 Å². The van der Waals surface area contributed by atoms with Gasteiger partial charge in [-0.3, -0.25) is 0 Å². The molecule has 54 valence electrons. The monoisotopic (exact) mass is 154 g/mol. The largest absolute Gasteiger partial charge is 0.306 e. The van der Waals surface area contributed by atoms with E-state index < -0.39 is 0 Å². The Labute approximate surface area is 64.3 Å².